The Kier molecular flexibility index (Phi) is 5.84. The first-order valence-electron chi connectivity index (χ1n) is 8.94. The standard InChI is InChI=1S/C21H23N5O2/c1-24(2)20(27)15-26-14-19(22-23-26)21(28)25(3)13-16-9-11-18(12-10-16)17-7-5-4-6-8-17/h4-12,14H,13,15H2,1-3H3. The van der Waals surface area contributed by atoms with Gasteiger partial charge in [0.15, 0.2) is 5.69 Å². The zero-order chi connectivity index (χ0) is 20.1. The van der Waals surface area contributed by atoms with Gasteiger partial charge < -0.3 is 9.80 Å². The molecule has 0 spiro atoms. The summed E-state index contributed by atoms with van der Waals surface area (Å²) in [5.41, 5.74) is 3.52. The minimum absolute atomic E-state index is 0.0535. The SMILES string of the molecule is CN(C)C(=O)Cn1cc(C(=O)N(C)Cc2ccc(-c3ccccc3)cc2)nn1. The topological polar surface area (TPSA) is 71.3 Å². The van der Waals surface area contributed by atoms with E-state index >= 15 is 0 Å². The van der Waals surface area contributed by atoms with Crippen LogP contribution in [0, 0.1) is 0 Å². The maximum absolute atomic E-state index is 12.6. The molecule has 2 aromatic carbocycles. The molecule has 7 nitrogen and oxygen atoms in total. The highest BCUT2D eigenvalue weighted by molar-refractivity contribution is 5.91. The van der Waals surface area contributed by atoms with Gasteiger partial charge in [0.25, 0.3) is 5.91 Å². The molecule has 0 saturated carbocycles. The Morgan fingerprint density at radius 3 is 2.21 bits per heavy atom. The van der Waals surface area contributed by atoms with Gasteiger partial charge in [0.05, 0.1) is 6.20 Å². The van der Waals surface area contributed by atoms with E-state index in [1.165, 1.54) is 15.8 Å². The van der Waals surface area contributed by atoms with E-state index in [-0.39, 0.29) is 24.1 Å². The minimum Gasteiger partial charge on any atom is -0.347 e. The first-order valence-corrected chi connectivity index (χ1v) is 8.94. The molecular formula is C21H23N5O2. The Labute approximate surface area is 164 Å². The smallest absolute Gasteiger partial charge is 0.276 e. The van der Waals surface area contributed by atoms with Gasteiger partial charge in [0.2, 0.25) is 5.91 Å². The largest absolute Gasteiger partial charge is 0.347 e. The molecular weight excluding hydrogens is 354 g/mol. The maximum atomic E-state index is 12.6. The Hall–Kier alpha value is -3.48. The van der Waals surface area contributed by atoms with Crippen molar-refractivity contribution < 1.29 is 9.59 Å². The van der Waals surface area contributed by atoms with Crippen molar-refractivity contribution in [2.24, 2.45) is 0 Å². The monoisotopic (exact) mass is 377 g/mol. The summed E-state index contributed by atoms with van der Waals surface area (Å²) in [7, 11) is 5.06. The number of rotatable bonds is 6. The third-order valence-corrected chi connectivity index (χ3v) is 4.38. The summed E-state index contributed by atoms with van der Waals surface area (Å²) in [5.74, 6) is -0.355. The van der Waals surface area contributed by atoms with E-state index in [2.05, 4.69) is 22.4 Å². The number of nitrogens with zero attached hydrogens (tertiary/aromatic N) is 5. The molecule has 2 amide bonds. The number of benzene rings is 2. The van der Waals surface area contributed by atoms with E-state index in [0.29, 0.717) is 6.54 Å². The van der Waals surface area contributed by atoms with Gasteiger partial charge in [-0.05, 0) is 16.7 Å². The molecule has 1 heterocycles. The van der Waals surface area contributed by atoms with Crippen molar-refractivity contribution in [3.8, 4) is 11.1 Å². The molecule has 0 N–H and O–H groups in total. The lowest BCUT2D eigenvalue weighted by molar-refractivity contribution is -0.129. The van der Waals surface area contributed by atoms with Crippen LogP contribution in [0.3, 0.4) is 0 Å². The summed E-state index contributed by atoms with van der Waals surface area (Å²) in [6.45, 7) is 0.509. The summed E-state index contributed by atoms with van der Waals surface area (Å²) < 4.78 is 1.37. The van der Waals surface area contributed by atoms with Crippen LogP contribution in [0.15, 0.2) is 60.8 Å². The average Bonchev–Trinajstić information content (AvgIpc) is 3.17. The zero-order valence-corrected chi connectivity index (χ0v) is 16.2. The second-order valence-corrected chi connectivity index (χ2v) is 6.81. The van der Waals surface area contributed by atoms with Gasteiger partial charge in [-0.25, -0.2) is 4.68 Å². The van der Waals surface area contributed by atoms with Crippen molar-refractivity contribution in [1.29, 1.82) is 0 Å². The fourth-order valence-corrected chi connectivity index (χ4v) is 2.73. The molecule has 28 heavy (non-hydrogen) atoms. The van der Waals surface area contributed by atoms with E-state index < -0.39 is 0 Å². The fraction of sp³-hybridized carbons (Fsp3) is 0.238. The van der Waals surface area contributed by atoms with Gasteiger partial charge in [-0.2, -0.15) is 0 Å². The molecule has 0 aliphatic rings. The quantitative estimate of drug-likeness (QED) is 0.661. The van der Waals surface area contributed by atoms with Crippen LogP contribution in [0.25, 0.3) is 11.1 Å². The van der Waals surface area contributed by atoms with E-state index in [0.717, 1.165) is 16.7 Å². The molecule has 0 aliphatic carbocycles. The highest BCUT2D eigenvalue weighted by Crippen LogP contribution is 2.19. The van der Waals surface area contributed by atoms with E-state index in [4.69, 9.17) is 0 Å². The second kappa shape index (κ2) is 8.47. The lowest BCUT2D eigenvalue weighted by atomic mass is 10.0. The summed E-state index contributed by atoms with van der Waals surface area (Å²) in [6, 6.07) is 18.3. The highest BCUT2D eigenvalue weighted by atomic mass is 16.2. The Balaban J connectivity index is 1.63. The molecule has 7 heteroatoms. The number of amides is 2. The van der Waals surface area contributed by atoms with Crippen LogP contribution < -0.4 is 0 Å². The van der Waals surface area contributed by atoms with Gasteiger partial charge >= 0.3 is 0 Å². The summed E-state index contributed by atoms with van der Waals surface area (Å²) >= 11 is 0. The normalized spacial score (nSPS) is 10.5. The Morgan fingerprint density at radius 1 is 0.929 bits per heavy atom. The minimum atomic E-state index is -0.240. The van der Waals surface area contributed by atoms with Gasteiger partial charge in [-0.15, -0.1) is 5.10 Å². The van der Waals surface area contributed by atoms with Crippen molar-refractivity contribution in [3.63, 3.8) is 0 Å². The van der Waals surface area contributed by atoms with Crippen LogP contribution in [0.2, 0.25) is 0 Å². The molecule has 0 fully saturated rings. The third kappa shape index (κ3) is 4.62. The molecule has 3 rings (SSSR count). The Morgan fingerprint density at radius 2 is 1.57 bits per heavy atom. The first kappa shape index (κ1) is 19.3. The van der Waals surface area contributed by atoms with Gasteiger partial charge in [-0.3, -0.25) is 9.59 Å². The van der Waals surface area contributed by atoms with Crippen molar-refractivity contribution in [1.82, 2.24) is 24.8 Å². The fourth-order valence-electron chi connectivity index (χ4n) is 2.73. The second-order valence-electron chi connectivity index (χ2n) is 6.81. The van der Waals surface area contributed by atoms with Crippen LogP contribution in [-0.4, -0.2) is 57.8 Å². The molecule has 0 radical (unpaired) electrons. The molecule has 0 aliphatic heterocycles. The van der Waals surface area contributed by atoms with E-state index in [9.17, 15) is 9.59 Å². The van der Waals surface area contributed by atoms with Crippen molar-refractivity contribution in [2.75, 3.05) is 21.1 Å². The number of aromatic nitrogens is 3. The van der Waals surface area contributed by atoms with Crippen LogP contribution in [0.5, 0.6) is 0 Å². The summed E-state index contributed by atoms with van der Waals surface area (Å²) in [4.78, 5) is 27.4. The van der Waals surface area contributed by atoms with Crippen molar-refractivity contribution >= 4 is 11.8 Å². The molecule has 0 bridgehead atoms. The summed E-state index contributed by atoms with van der Waals surface area (Å²) in [5, 5.41) is 7.76. The molecule has 1 aromatic heterocycles. The Bertz CT molecular complexity index is 948. The molecule has 0 atom stereocenters. The number of carbonyl (C=O) groups excluding carboxylic acids is 2. The third-order valence-electron chi connectivity index (χ3n) is 4.38. The molecule has 3 aromatic rings. The lowest BCUT2D eigenvalue weighted by Crippen LogP contribution is -2.27. The predicted molar refractivity (Wildman–Crippen MR) is 106 cm³/mol. The van der Waals surface area contributed by atoms with Gasteiger partial charge in [0.1, 0.15) is 6.54 Å². The van der Waals surface area contributed by atoms with Gasteiger partial charge in [-0.1, -0.05) is 59.8 Å². The maximum Gasteiger partial charge on any atom is 0.276 e. The summed E-state index contributed by atoms with van der Waals surface area (Å²) in [6.07, 6.45) is 1.50. The number of hydrogen-bond acceptors (Lipinski definition) is 4. The molecule has 144 valence electrons. The average molecular weight is 377 g/mol. The highest BCUT2D eigenvalue weighted by Gasteiger charge is 2.17. The van der Waals surface area contributed by atoms with Crippen molar-refractivity contribution in [2.45, 2.75) is 13.1 Å². The van der Waals surface area contributed by atoms with Crippen LogP contribution in [0.1, 0.15) is 16.1 Å². The zero-order valence-electron chi connectivity index (χ0n) is 16.2. The van der Waals surface area contributed by atoms with Gasteiger partial charge in [0, 0.05) is 27.7 Å². The lowest BCUT2D eigenvalue weighted by Gasteiger charge is -2.16. The first-order chi connectivity index (χ1) is 13.4. The number of carbonyl (C=O) groups is 2. The van der Waals surface area contributed by atoms with Crippen molar-refractivity contribution in [3.05, 3.63) is 72.1 Å². The van der Waals surface area contributed by atoms with Crippen LogP contribution >= 0.6 is 0 Å². The molecule has 0 unspecified atom stereocenters. The van der Waals surface area contributed by atoms with Crippen LogP contribution in [0.4, 0.5) is 0 Å². The van der Waals surface area contributed by atoms with Crippen LogP contribution in [-0.2, 0) is 17.9 Å². The van der Waals surface area contributed by atoms with E-state index in [1.807, 2.05) is 42.5 Å². The number of hydrogen-bond donors (Lipinski definition) is 0. The van der Waals surface area contributed by atoms with E-state index in [1.54, 1.807) is 26.0 Å². The molecule has 0 saturated heterocycles. The predicted octanol–water partition coefficient (Wildman–Crippen LogP) is 2.31. The number of likely N-dealkylation sites (N-methyl/N-ethyl adjacent to an activating group) is 1.